The molecule has 14 heavy (non-hydrogen) atoms. The second-order valence-corrected chi connectivity index (χ2v) is 4.61. The van der Waals surface area contributed by atoms with Crippen LogP contribution in [0.1, 0.15) is 19.0 Å². The van der Waals surface area contributed by atoms with E-state index in [1.54, 1.807) is 11.8 Å². The Balaban J connectivity index is 2.37. The second kappa shape index (κ2) is 7.03. The number of rotatable bonds is 7. The summed E-state index contributed by atoms with van der Waals surface area (Å²) in [4.78, 5) is 0. The zero-order valence-corrected chi connectivity index (χ0v) is 9.83. The van der Waals surface area contributed by atoms with E-state index in [1.165, 1.54) is 11.5 Å². The molecule has 0 atom stereocenters. The number of aliphatic hydroxyl groups is 1. The summed E-state index contributed by atoms with van der Waals surface area (Å²) in [6.45, 7) is 3.31. The van der Waals surface area contributed by atoms with Gasteiger partial charge < -0.3 is 10.4 Å². The molecule has 0 saturated heterocycles. The van der Waals surface area contributed by atoms with Gasteiger partial charge in [-0.1, -0.05) is 11.4 Å². The highest BCUT2D eigenvalue weighted by atomic mass is 32.2. The Hall–Kier alpha value is -0.330. The van der Waals surface area contributed by atoms with Crippen LogP contribution in [0, 0.1) is 0 Å². The van der Waals surface area contributed by atoms with Gasteiger partial charge in [-0.25, -0.2) is 0 Å². The van der Waals surface area contributed by atoms with Crippen molar-refractivity contribution in [2.75, 3.05) is 24.2 Å². The number of hydrogen-bond acceptors (Lipinski definition) is 6. The molecule has 2 N–H and O–H groups in total. The van der Waals surface area contributed by atoms with Crippen LogP contribution in [-0.4, -0.2) is 33.6 Å². The van der Waals surface area contributed by atoms with Crippen molar-refractivity contribution in [2.45, 2.75) is 19.1 Å². The Morgan fingerprint density at radius 2 is 2.43 bits per heavy atom. The highest BCUT2D eigenvalue weighted by molar-refractivity contribution is 7.98. The van der Waals surface area contributed by atoms with Crippen LogP contribution in [0.2, 0.25) is 0 Å². The Morgan fingerprint density at radius 3 is 3.14 bits per heavy atom. The zero-order chi connectivity index (χ0) is 10.2. The molecule has 0 unspecified atom stereocenters. The van der Waals surface area contributed by atoms with Gasteiger partial charge in [0.1, 0.15) is 10.7 Å². The van der Waals surface area contributed by atoms with Crippen molar-refractivity contribution in [1.82, 2.24) is 9.59 Å². The third-order valence-electron chi connectivity index (χ3n) is 1.57. The molecule has 1 rings (SSSR count). The number of hydrogen-bond donors (Lipinski definition) is 2. The van der Waals surface area contributed by atoms with E-state index in [0.29, 0.717) is 0 Å². The number of nitrogens with one attached hydrogen (secondary N) is 1. The predicted octanol–water partition coefficient (Wildman–Crippen LogP) is 1.59. The van der Waals surface area contributed by atoms with Gasteiger partial charge in [-0.3, -0.25) is 0 Å². The molecular formula is C8H15N3OS2. The summed E-state index contributed by atoms with van der Waals surface area (Å²) in [7, 11) is 0. The minimum Gasteiger partial charge on any atom is -0.396 e. The van der Waals surface area contributed by atoms with Gasteiger partial charge >= 0.3 is 0 Å². The lowest BCUT2D eigenvalue weighted by molar-refractivity contribution is 0.322. The van der Waals surface area contributed by atoms with Crippen molar-refractivity contribution >= 4 is 28.3 Å². The smallest absolute Gasteiger partial charge is 0.134 e. The molecule has 1 aromatic rings. The third kappa shape index (κ3) is 3.81. The van der Waals surface area contributed by atoms with Gasteiger partial charge in [0, 0.05) is 29.6 Å². The maximum Gasteiger partial charge on any atom is 0.134 e. The van der Waals surface area contributed by atoms with Gasteiger partial charge in [0.15, 0.2) is 0 Å². The van der Waals surface area contributed by atoms with E-state index in [0.717, 1.165) is 35.2 Å². The standard InChI is InChI=1S/C8H15N3OS2/c1-2-3-9-8-7(10-11-14-8)6-13-5-4-12/h9,12H,2-6H2,1H3. The molecule has 0 fully saturated rings. The molecule has 1 aromatic heterocycles. The largest absolute Gasteiger partial charge is 0.396 e. The van der Waals surface area contributed by atoms with E-state index < -0.39 is 0 Å². The van der Waals surface area contributed by atoms with Crippen molar-refractivity contribution in [3.8, 4) is 0 Å². The lowest BCUT2D eigenvalue weighted by Crippen LogP contribution is -2.00. The summed E-state index contributed by atoms with van der Waals surface area (Å²) < 4.78 is 3.91. The first-order valence-corrected chi connectivity index (χ1v) is 6.55. The highest BCUT2D eigenvalue weighted by Crippen LogP contribution is 2.22. The number of anilines is 1. The van der Waals surface area contributed by atoms with Gasteiger partial charge in [-0.15, -0.1) is 5.10 Å². The van der Waals surface area contributed by atoms with Crippen LogP contribution in [0.25, 0.3) is 0 Å². The Kier molecular flexibility index (Phi) is 5.89. The molecule has 0 aromatic carbocycles. The van der Waals surface area contributed by atoms with Crippen LogP contribution >= 0.6 is 23.3 Å². The lowest BCUT2D eigenvalue weighted by Gasteiger charge is -2.02. The molecule has 0 saturated carbocycles. The fraction of sp³-hybridized carbons (Fsp3) is 0.750. The van der Waals surface area contributed by atoms with Crippen molar-refractivity contribution < 1.29 is 5.11 Å². The van der Waals surface area contributed by atoms with E-state index in [4.69, 9.17) is 5.11 Å². The van der Waals surface area contributed by atoms with Crippen molar-refractivity contribution in [3.05, 3.63) is 5.69 Å². The van der Waals surface area contributed by atoms with Crippen LogP contribution in [-0.2, 0) is 5.75 Å². The minimum absolute atomic E-state index is 0.222. The van der Waals surface area contributed by atoms with Crippen molar-refractivity contribution in [2.24, 2.45) is 0 Å². The minimum atomic E-state index is 0.222. The first-order valence-electron chi connectivity index (χ1n) is 4.62. The number of nitrogens with zero attached hydrogens (tertiary/aromatic N) is 2. The summed E-state index contributed by atoms with van der Waals surface area (Å²) in [5.74, 6) is 1.58. The summed E-state index contributed by atoms with van der Waals surface area (Å²) in [6, 6.07) is 0. The van der Waals surface area contributed by atoms with Crippen molar-refractivity contribution in [1.29, 1.82) is 0 Å². The molecule has 0 aliphatic carbocycles. The topological polar surface area (TPSA) is 58.0 Å². The van der Waals surface area contributed by atoms with Crippen LogP contribution in [0.5, 0.6) is 0 Å². The molecule has 0 bridgehead atoms. The third-order valence-corrected chi connectivity index (χ3v) is 3.24. The SMILES string of the molecule is CCCNc1snnc1CSCCO. The number of aromatic nitrogens is 2. The first kappa shape index (κ1) is 11.7. The Labute approximate surface area is 92.3 Å². The van der Waals surface area contributed by atoms with Gasteiger partial charge in [-0.2, -0.15) is 11.8 Å². The summed E-state index contributed by atoms with van der Waals surface area (Å²) in [6.07, 6.45) is 1.10. The van der Waals surface area contributed by atoms with Gasteiger partial charge in [0.05, 0.1) is 6.61 Å². The molecule has 0 radical (unpaired) electrons. The van der Waals surface area contributed by atoms with E-state index in [2.05, 4.69) is 21.8 Å². The predicted molar refractivity (Wildman–Crippen MR) is 61.9 cm³/mol. The lowest BCUT2D eigenvalue weighted by atomic mass is 10.4. The molecule has 1 heterocycles. The first-order chi connectivity index (χ1) is 6.88. The quantitative estimate of drug-likeness (QED) is 0.700. The summed E-state index contributed by atoms with van der Waals surface area (Å²) >= 11 is 3.07. The monoisotopic (exact) mass is 233 g/mol. The van der Waals surface area contributed by atoms with Gasteiger partial charge in [-0.05, 0) is 6.42 Å². The molecule has 0 aliphatic heterocycles. The normalized spacial score (nSPS) is 10.4. The van der Waals surface area contributed by atoms with Gasteiger partial charge in [0.25, 0.3) is 0 Å². The zero-order valence-electron chi connectivity index (χ0n) is 8.19. The highest BCUT2D eigenvalue weighted by Gasteiger charge is 2.06. The molecule has 6 heteroatoms. The molecular weight excluding hydrogens is 218 g/mol. The van der Waals surface area contributed by atoms with E-state index in [1.807, 2.05) is 0 Å². The van der Waals surface area contributed by atoms with Crippen LogP contribution in [0.4, 0.5) is 5.00 Å². The van der Waals surface area contributed by atoms with Crippen LogP contribution < -0.4 is 5.32 Å². The van der Waals surface area contributed by atoms with Gasteiger partial charge in [0.2, 0.25) is 0 Å². The fourth-order valence-corrected chi connectivity index (χ4v) is 2.28. The molecule has 0 aliphatic rings. The Morgan fingerprint density at radius 1 is 1.57 bits per heavy atom. The average molecular weight is 233 g/mol. The van der Waals surface area contributed by atoms with Crippen molar-refractivity contribution in [3.63, 3.8) is 0 Å². The van der Waals surface area contributed by atoms with E-state index in [-0.39, 0.29) is 6.61 Å². The molecule has 0 amide bonds. The summed E-state index contributed by atoms with van der Waals surface area (Å²) in [5, 5.41) is 17.0. The number of thioether (sulfide) groups is 1. The Bertz CT molecular complexity index is 254. The van der Waals surface area contributed by atoms with E-state index in [9.17, 15) is 0 Å². The molecule has 80 valence electrons. The second-order valence-electron chi connectivity index (χ2n) is 2.75. The molecule has 0 spiro atoms. The maximum absolute atomic E-state index is 8.64. The van der Waals surface area contributed by atoms with Crippen LogP contribution in [0.3, 0.4) is 0 Å². The summed E-state index contributed by atoms with van der Waals surface area (Å²) in [5.41, 5.74) is 1.00. The number of aliphatic hydroxyl groups excluding tert-OH is 1. The maximum atomic E-state index is 8.64. The van der Waals surface area contributed by atoms with Crippen LogP contribution in [0.15, 0.2) is 0 Å². The average Bonchev–Trinajstić information content (AvgIpc) is 2.63. The molecule has 4 nitrogen and oxygen atoms in total. The fourth-order valence-electron chi connectivity index (χ4n) is 0.909. The van der Waals surface area contributed by atoms with E-state index >= 15 is 0 Å².